The number of urea groups is 1. The Bertz CT molecular complexity index is 225. The fourth-order valence-corrected chi connectivity index (χ4v) is 0.532. The Balaban J connectivity index is 3.61. The van der Waals surface area contributed by atoms with Gasteiger partial charge in [0.1, 0.15) is 12.9 Å². The van der Waals surface area contributed by atoms with Crippen LogP contribution in [0.1, 0.15) is 0 Å². The lowest BCUT2D eigenvalue weighted by molar-refractivity contribution is -0.109. The number of nitrogens with one attached hydrogen (secondary N) is 1. The van der Waals surface area contributed by atoms with E-state index >= 15 is 0 Å². The number of rotatable bonds is 6. The van der Waals surface area contributed by atoms with Gasteiger partial charge in [-0.15, -0.1) is 0 Å². The van der Waals surface area contributed by atoms with Crippen LogP contribution >= 0.6 is 0 Å². The van der Waals surface area contributed by atoms with Gasteiger partial charge in [-0.3, -0.25) is 9.59 Å². The number of hydrogen-bond acceptors (Lipinski definition) is 4. The lowest BCUT2D eigenvalue weighted by Gasteiger charge is -2.03. The Morgan fingerprint density at radius 1 is 1.46 bits per heavy atom. The largest absolute Gasteiger partial charge is 0.488 e. The zero-order chi connectivity index (χ0) is 10.1. The van der Waals surface area contributed by atoms with Gasteiger partial charge in [0.15, 0.2) is 12.0 Å². The molecule has 6 heteroatoms. The molecule has 0 aliphatic carbocycles. The van der Waals surface area contributed by atoms with E-state index in [4.69, 9.17) is 10.5 Å². The van der Waals surface area contributed by atoms with Crippen molar-refractivity contribution in [3.05, 3.63) is 11.8 Å². The minimum atomic E-state index is -0.671. The molecule has 0 atom stereocenters. The molecule has 0 aliphatic heterocycles. The molecule has 0 fully saturated rings. The normalized spacial score (nSPS) is 10.3. The van der Waals surface area contributed by atoms with E-state index in [-0.39, 0.29) is 18.9 Å². The first kappa shape index (κ1) is 11.2. The first-order valence-electron chi connectivity index (χ1n) is 3.47. The highest BCUT2D eigenvalue weighted by atomic mass is 16.5. The zero-order valence-electron chi connectivity index (χ0n) is 6.86. The maximum absolute atomic E-state index is 10.2. The summed E-state index contributed by atoms with van der Waals surface area (Å²) < 4.78 is 4.77. The summed E-state index contributed by atoms with van der Waals surface area (Å²) in [5, 5.41) is 2.25. The van der Waals surface area contributed by atoms with Crippen molar-refractivity contribution in [2.24, 2.45) is 5.73 Å². The summed E-state index contributed by atoms with van der Waals surface area (Å²) in [4.78, 5) is 30.2. The molecule has 6 nitrogen and oxygen atoms in total. The van der Waals surface area contributed by atoms with Gasteiger partial charge in [0.25, 0.3) is 0 Å². The molecule has 0 saturated heterocycles. The van der Waals surface area contributed by atoms with Crippen molar-refractivity contribution < 1.29 is 19.1 Å². The molecule has 0 rings (SSSR count). The number of hydrogen-bond donors (Lipinski definition) is 2. The molecule has 3 N–H and O–H groups in total. The third-order valence-electron chi connectivity index (χ3n) is 1.02. The van der Waals surface area contributed by atoms with Crippen LogP contribution in [0.15, 0.2) is 11.8 Å². The van der Waals surface area contributed by atoms with E-state index in [0.717, 1.165) is 6.08 Å². The first-order chi connectivity index (χ1) is 6.20. The topological polar surface area (TPSA) is 98.5 Å². The number of amides is 2. The lowest BCUT2D eigenvalue weighted by Crippen LogP contribution is -2.32. The lowest BCUT2D eigenvalue weighted by atomic mass is 10.5. The van der Waals surface area contributed by atoms with Crippen LogP contribution in [0.5, 0.6) is 0 Å². The summed E-state index contributed by atoms with van der Waals surface area (Å²) in [6.07, 6.45) is 1.82. The van der Waals surface area contributed by atoms with Gasteiger partial charge in [-0.2, -0.15) is 0 Å². The summed E-state index contributed by atoms with van der Waals surface area (Å²) in [5.74, 6) is -0.0822. The van der Waals surface area contributed by atoms with Crippen LogP contribution in [-0.4, -0.2) is 31.8 Å². The Kier molecular flexibility index (Phi) is 5.86. The van der Waals surface area contributed by atoms with Crippen LogP contribution in [0.2, 0.25) is 0 Å². The molecule has 13 heavy (non-hydrogen) atoms. The minimum absolute atomic E-state index is 0.0822. The molecule has 0 radical (unpaired) electrons. The fraction of sp³-hybridized carbons (Fsp3) is 0.286. The molecule has 0 heterocycles. The molecule has 72 valence electrons. The molecule has 0 aromatic carbocycles. The van der Waals surface area contributed by atoms with Gasteiger partial charge < -0.3 is 15.8 Å². The van der Waals surface area contributed by atoms with Crippen LogP contribution in [-0.2, 0) is 14.3 Å². The Hall–Kier alpha value is -1.85. The molecule has 2 amide bonds. The summed E-state index contributed by atoms with van der Waals surface area (Å²) in [6.45, 7) is 0.265. The minimum Gasteiger partial charge on any atom is -0.488 e. The molecular formula is C7H10N2O4. The second-order valence-corrected chi connectivity index (χ2v) is 1.96. The number of aldehydes is 2. The Morgan fingerprint density at radius 2 is 2.15 bits per heavy atom. The third-order valence-corrected chi connectivity index (χ3v) is 1.02. The van der Waals surface area contributed by atoms with Gasteiger partial charge in [-0.05, 0) is 0 Å². The summed E-state index contributed by atoms with van der Waals surface area (Å²) >= 11 is 0. The van der Waals surface area contributed by atoms with Crippen LogP contribution in [0.4, 0.5) is 4.79 Å². The van der Waals surface area contributed by atoms with E-state index in [2.05, 4.69) is 5.32 Å². The van der Waals surface area contributed by atoms with Crippen molar-refractivity contribution in [1.29, 1.82) is 0 Å². The predicted octanol–water partition coefficient (Wildman–Crippen LogP) is -1.05. The number of allylic oxidation sites excluding steroid dienone is 2. The zero-order valence-corrected chi connectivity index (χ0v) is 6.86. The quantitative estimate of drug-likeness (QED) is 0.239. The van der Waals surface area contributed by atoms with Gasteiger partial charge >= 0.3 is 6.03 Å². The SMILES string of the molecule is NC(=O)NCCOC(C=O)=CC=O. The van der Waals surface area contributed by atoms with Gasteiger partial charge in [0.2, 0.25) is 0 Å². The second kappa shape index (κ2) is 6.84. The highest BCUT2D eigenvalue weighted by Crippen LogP contribution is 1.89. The molecule has 0 spiro atoms. The molecule has 0 bridgehead atoms. The first-order valence-corrected chi connectivity index (χ1v) is 3.47. The molecule has 0 saturated carbocycles. The van der Waals surface area contributed by atoms with E-state index < -0.39 is 6.03 Å². The van der Waals surface area contributed by atoms with Crippen molar-refractivity contribution in [2.75, 3.05) is 13.2 Å². The molecule has 0 unspecified atom stereocenters. The highest BCUT2D eigenvalue weighted by Gasteiger charge is 1.95. The van der Waals surface area contributed by atoms with Gasteiger partial charge in [-0.25, -0.2) is 4.79 Å². The second-order valence-electron chi connectivity index (χ2n) is 1.96. The average molecular weight is 186 g/mol. The monoisotopic (exact) mass is 186 g/mol. The van der Waals surface area contributed by atoms with Crippen molar-refractivity contribution in [1.82, 2.24) is 5.32 Å². The Labute approximate surface area is 74.7 Å². The Morgan fingerprint density at radius 3 is 2.62 bits per heavy atom. The number of nitrogens with two attached hydrogens (primary N) is 1. The predicted molar refractivity (Wildman–Crippen MR) is 43.7 cm³/mol. The molecule has 0 aromatic heterocycles. The maximum atomic E-state index is 10.2. The standard InChI is InChI=1S/C7H10N2O4/c8-7(12)9-2-4-13-6(5-11)1-3-10/h1,3,5H,2,4H2,(H3,8,9,12). The third kappa shape index (κ3) is 6.54. The highest BCUT2D eigenvalue weighted by molar-refractivity contribution is 5.79. The number of ether oxygens (including phenoxy) is 1. The van der Waals surface area contributed by atoms with Crippen molar-refractivity contribution in [3.63, 3.8) is 0 Å². The van der Waals surface area contributed by atoms with Gasteiger partial charge in [0, 0.05) is 6.08 Å². The number of carbonyl (C=O) groups is 3. The average Bonchev–Trinajstić information content (AvgIpc) is 2.10. The van der Waals surface area contributed by atoms with Gasteiger partial charge in [0.05, 0.1) is 6.54 Å². The molecule has 0 aliphatic rings. The maximum Gasteiger partial charge on any atom is 0.312 e. The summed E-state index contributed by atoms with van der Waals surface area (Å²) in [5.41, 5.74) is 4.75. The van der Waals surface area contributed by atoms with Crippen molar-refractivity contribution in [3.8, 4) is 0 Å². The number of primary amides is 1. The van der Waals surface area contributed by atoms with E-state index in [9.17, 15) is 14.4 Å². The summed E-state index contributed by atoms with van der Waals surface area (Å²) in [7, 11) is 0. The van der Waals surface area contributed by atoms with Crippen molar-refractivity contribution >= 4 is 18.6 Å². The molecular weight excluding hydrogens is 176 g/mol. The summed E-state index contributed by atoms with van der Waals surface area (Å²) in [6, 6.07) is -0.671. The van der Waals surface area contributed by atoms with Gasteiger partial charge in [-0.1, -0.05) is 0 Å². The molecule has 0 aromatic rings. The van der Waals surface area contributed by atoms with E-state index in [0.29, 0.717) is 12.6 Å². The number of carbonyl (C=O) groups excluding carboxylic acids is 3. The van der Waals surface area contributed by atoms with Crippen LogP contribution in [0.25, 0.3) is 0 Å². The van der Waals surface area contributed by atoms with E-state index in [1.807, 2.05) is 0 Å². The van der Waals surface area contributed by atoms with Crippen molar-refractivity contribution in [2.45, 2.75) is 0 Å². The van der Waals surface area contributed by atoms with Crippen LogP contribution < -0.4 is 11.1 Å². The van der Waals surface area contributed by atoms with E-state index in [1.165, 1.54) is 0 Å². The van der Waals surface area contributed by atoms with Crippen LogP contribution in [0.3, 0.4) is 0 Å². The van der Waals surface area contributed by atoms with Crippen LogP contribution in [0, 0.1) is 0 Å². The fourth-order valence-electron chi connectivity index (χ4n) is 0.532. The van der Waals surface area contributed by atoms with E-state index in [1.54, 1.807) is 0 Å². The smallest absolute Gasteiger partial charge is 0.312 e.